The van der Waals surface area contributed by atoms with Crippen LogP contribution in [0.4, 0.5) is 0 Å². The van der Waals surface area contributed by atoms with Crippen LogP contribution in [0.5, 0.6) is 11.5 Å². The lowest BCUT2D eigenvalue weighted by Gasteiger charge is -2.13. The van der Waals surface area contributed by atoms with Crippen molar-refractivity contribution in [2.24, 2.45) is 0 Å². The van der Waals surface area contributed by atoms with Gasteiger partial charge >= 0.3 is 0 Å². The molecule has 0 atom stereocenters. The highest BCUT2D eigenvalue weighted by Gasteiger charge is 2.11. The molecular weight excluding hydrogens is 329 g/mol. The molecule has 6 heteroatoms. The van der Waals surface area contributed by atoms with Gasteiger partial charge in [0.2, 0.25) is 0 Å². The maximum Gasteiger partial charge on any atom is 0.179 e. The van der Waals surface area contributed by atoms with Crippen LogP contribution in [0.25, 0.3) is 0 Å². The summed E-state index contributed by atoms with van der Waals surface area (Å²) in [4.78, 5) is 1.31. The minimum absolute atomic E-state index is 0. The first-order valence-corrected chi connectivity index (χ1v) is 7.72. The molecule has 1 aromatic heterocycles. The quantitative estimate of drug-likeness (QED) is 0.814. The monoisotopic (exact) mass is 346 g/mol. The van der Waals surface area contributed by atoms with Crippen LogP contribution < -0.4 is 27.2 Å². The predicted octanol–water partition coefficient (Wildman–Crippen LogP) is 1.10. The number of nitrogens with one attached hydrogen (secondary N) is 1. The Morgan fingerprint density at radius 2 is 2.10 bits per heavy atom. The van der Waals surface area contributed by atoms with Gasteiger partial charge in [0.1, 0.15) is 0 Å². The van der Waals surface area contributed by atoms with Crippen LogP contribution in [0.15, 0.2) is 29.6 Å². The van der Waals surface area contributed by atoms with E-state index in [0.29, 0.717) is 23.1 Å². The van der Waals surface area contributed by atoms with Crippen molar-refractivity contribution in [3.8, 4) is 11.5 Å². The number of halogens is 2. The largest absolute Gasteiger partial charge is 1.00 e. The topological polar surface area (TPSA) is 30.5 Å². The van der Waals surface area contributed by atoms with Crippen LogP contribution >= 0.6 is 22.9 Å². The van der Waals surface area contributed by atoms with Crippen LogP contribution in [0.2, 0.25) is 5.02 Å². The van der Waals surface area contributed by atoms with Gasteiger partial charge in [0.05, 0.1) is 18.7 Å². The van der Waals surface area contributed by atoms with E-state index < -0.39 is 0 Å². The molecule has 0 saturated heterocycles. The van der Waals surface area contributed by atoms with Gasteiger partial charge in [0, 0.05) is 18.0 Å². The highest BCUT2D eigenvalue weighted by Crippen LogP contribution is 2.36. The van der Waals surface area contributed by atoms with Crippen molar-refractivity contribution in [3.05, 3.63) is 45.1 Å². The highest BCUT2D eigenvalue weighted by atomic mass is 35.5. The molecule has 1 N–H and O–H groups in total. The number of methoxy groups -OCH3 is 1. The Bertz CT molecular complexity index is 547. The van der Waals surface area contributed by atoms with Gasteiger partial charge in [-0.2, -0.15) is 0 Å². The third-order valence-corrected chi connectivity index (χ3v) is 3.94. The molecule has 3 nitrogen and oxygen atoms in total. The molecule has 0 unspecified atom stereocenters. The molecule has 1 heterocycles. The summed E-state index contributed by atoms with van der Waals surface area (Å²) in [6.45, 7) is 4.07. The van der Waals surface area contributed by atoms with Crippen molar-refractivity contribution < 1.29 is 21.9 Å². The fourth-order valence-electron chi connectivity index (χ4n) is 1.90. The van der Waals surface area contributed by atoms with Crippen LogP contribution in [0.1, 0.15) is 17.4 Å². The summed E-state index contributed by atoms with van der Waals surface area (Å²) in [6, 6.07) is 8.04. The third kappa shape index (κ3) is 5.08. The maximum atomic E-state index is 6.24. The van der Waals surface area contributed by atoms with E-state index in [1.165, 1.54) is 4.88 Å². The smallest absolute Gasteiger partial charge is 0.179 e. The Morgan fingerprint density at radius 3 is 2.71 bits per heavy atom. The Kier molecular flexibility index (Phi) is 7.89. The average Bonchev–Trinajstić information content (AvgIpc) is 2.94. The van der Waals surface area contributed by atoms with Gasteiger partial charge in [-0.3, -0.25) is 0 Å². The first-order chi connectivity index (χ1) is 9.74. The summed E-state index contributed by atoms with van der Waals surface area (Å²) in [7, 11) is 1.62. The summed E-state index contributed by atoms with van der Waals surface area (Å²) < 4.78 is 10.8. The Morgan fingerprint density at radius 1 is 1.29 bits per heavy atom. The van der Waals surface area contributed by atoms with E-state index in [4.69, 9.17) is 21.1 Å². The second-order valence-corrected chi connectivity index (χ2v) is 5.66. The van der Waals surface area contributed by atoms with E-state index >= 15 is 0 Å². The number of ether oxygens (including phenoxy) is 2. The van der Waals surface area contributed by atoms with E-state index in [0.717, 1.165) is 18.7 Å². The molecule has 0 aliphatic rings. The van der Waals surface area contributed by atoms with Gasteiger partial charge in [0.25, 0.3) is 0 Å². The van der Waals surface area contributed by atoms with Crippen LogP contribution in [-0.4, -0.2) is 13.7 Å². The van der Waals surface area contributed by atoms with E-state index in [2.05, 4.69) is 22.8 Å². The summed E-state index contributed by atoms with van der Waals surface area (Å²) in [5.74, 6) is 1.28. The molecule has 0 bridgehead atoms. The molecule has 116 valence electrons. The summed E-state index contributed by atoms with van der Waals surface area (Å²) in [5.41, 5.74) is 1.08. The predicted molar refractivity (Wildman–Crippen MR) is 84.0 cm³/mol. The highest BCUT2D eigenvalue weighted by molar-refractivity contribution is 7.09. The maximum absolute atomic E-state index is 6.24. The Balaban J connectivity index is 0.00000220. The fourth-order valence-corrected chi connectivity index (χ4v) is 2.87. The number of hydrogen-bond acceptors (Lipinski definition) is 4. The summed E-state index contributed by atoms with van der Waals surface area (Å²) >= 11 is 7.98. The van der Waals surface area contributed by atoms with Crippen LogP contribution in [-0.2, 0) is 13.1 Å². The molecule has 2 aromatic rings. The lowest BCUT2D eigenvalue weighted by molar-refractivity contribution is -0.00000469. The van der Waals surface area contributed by atoms with Gasteiger partial charge in [-0.25, -0.2) is 0 Å². The van der Waals surface area contributed by atoms with Gasteiger partial charge in [-0.1, -0.05) is 17.7 Å². The Hall–Kier alpha value is -0.940. The molecule has 0 saturated carbocycles. The molecule has 21 heavy (non-hydrogen) atoms. The minimum atomic E-state index is 0. The van der Waals surface area contributed by atoms with Crippen molar-refractivity contribution in [3.63, 3.8) is 0 Å². The van der Waals surface area contributed by atoms with E-state index in [-0.39, 0.29) is 12.4 Å². The molecule has 0 spiro atoms. The standard InChI is InChI=1S/C15H18ClNO2S.ClH/c1-3-19-15-13(16)7-11(8-14(15)18-2)9-17-10-12-5-4-6-20-12;/h4-8,17H,3,9-10H2,1-2H3;1H/p-1. The van der Waals surface area contributed by atoms with Crippen molar-refractivity contribution in [1.82, 2.24) is 5.32 Å². The lowest BCUT2D eigenvalue weighted by Crippen LogP contribution is -3.00. The van der Waals surface area contributed by atoms with E-state index in [1.54, 1.807) is 18.4 Å². The molecule has 0 aliphatic heterocycles. The Labute approximate surface area is 140 Å². The fraction of sp³-hybridized carbons (Fsp3) is 0.333. The minimum Gasteiger partial charge on any atom is -1.00 e. The van der Waals surface area contributed by atoms with Gasteiger partial charge in [-0.15, -0.1) is 11.3 Å². The van der Waals surface area contributed by atoms with E-state index in [9.17, 15) is 0 Å². The van der Waals surface area contributed by atoms with Crippen molar-refractivity contribution in [2.45, 2.75) is 20.0 Å². The zero-order valence-electron chi connectivity index (χ0n) is 12.0. The summed E-state index contributed by atoms with van der Waals surface area (Å²) in [6.07, 6.45) is 0. The number of rotatable bonds is 7. The van der Waals surface area contributed by atoms with Crippen molar-refractivity contribution >= 4 is 22.9 Å². The van der Waals surface area contributed by atoms with Crippen molar-refractivity contribution in [1.29, 1.82) is 0 Å². The van der Waals surface area contributed by atoms with Crippen molar-refractivity contribution in [2.75, 3.05) is 13.7 Å². The van der Waals surface area contributed by atoms with Crippen LogP contribution in [0.3, 0.4) is 0 Å². The first kappa shape index (κ1) is 18.1. The second kappa shape index (κ2) is 9.15. The zero-order chi connectivity index (χ0) is 14.4. The lowest BCUT2D eigenvalue weighted by atomic mass is 10.2. The SMILES string of the molecule is CCOc1c(Cl)cc(CNCc2cccs2)cc1OC.[Cl-]. The number of thiophene rings is 1. The molecule has 0 aliphatic carbocycles. The molecule has 0 radical (unpaired) electrons. The molecule has 2 rings (SSSR count). The van der Waals surface area contributed by atoms with E-state index in [1.807, 2.05) is 19.1 Å². The summed E-state index contributed by atoms with van der Waals surface area (Å²) in [5, 5.41) is 6.05. The second-order valence-electron chi connectivity index (χ2n) is 4.22. The van der Waals surface area contributed by atoms with Gasteiger partial charge in [0.15, 0.2) is 11.5 Å². The zero-order valence-corrected chi connectivity index (χ0v) is 14.3. The molecule has 0 fully saturated rings. The number of benzene rings is 1. The normalized spacial score (nSPS) is 10.0. The number of hydrogen-bond donors (Lipinski definition) is 1. The molecule has 0 amide bonds. The van der Waals surface area contributed by atoms with Gasteiger partial charge in [-0.05, 0) is 36.1 Å². The third-order valence-electron chi connectivity index (χ3n) is 2.79. The molecular formula is C15H18Cl2NO2S-. The van der Waals surface area contributed by atoms with Gasteiger partial charge < -0.3 is 27.2 Å². The molecule has 1 aromatic carbocycles. The van der Waals surface area contributed by atoms with Crippen LogP contribution in [0, 0.1) is 0 Å². The average molecular weight is 347 g/mol. The first-order valence-electron chi connectivity index (χ1n) is 6.47.